The predicted octanol–water partition coefficient (Wildman–Crippen LogP) is 2.42. The van der Waals surface area contributed by atoms with Crippen LogP contribution in [0, 0.1) is 20.8 Å². The smallest absolute Gasteiger partial charge is 0.146 e. The standard InChI is InChI=1S/C16H25N5/c1-11-12(2)21(10-9-20-7-5-4-6-8-20)16-14(11)15(17)18-13(3)19-16/h4-10H2,1-3H3,(H2,17,18,19). The van der Waals surface area contributed by atoms with E-state index in [2.05, 4.69) is 33.3 Å². The van der Waals surface area contributed by atoms with Crippen LogP contribution in [0.25, 0.3) is 11.0 Å². The first-order valence-electron chi connectivity index (χ1n) is 7.90. The van der Waals surface area contributed by atoms with Crippen molar-refractivity contribution >= 4 is 16.9 Å². The summed E-state index contributed by atoms with van der Waals surface area (Å²) in [5.74, 6) is 1.35. The molecular weight excluding hydrogens is 262 g/mol. The Bertz CT molecular complexity index is 652. The highest BCUT2D eigenvalue weighted by Gasteiger charge is 2.17. The molecule has 1 aliphatic rings. The fourth-order valence-electron chi connectivity index (χ4n) is 3.37. The number of hydrogen-bond acceptors (Lipinski definition) is 4. The second kappa shape index (κ2) is 5.64. The number of aromatic nitrogens is 3. The Balaban J connectivity index is 1.92. The number of likely N-dealkylation sites (tertiary alicyclic amines) is 1. The zero-order chi connectivity index (χ0) is 15.0. The van der Waals surface area contributed by atoms with E-state index in [1.165, 1.54) is 43.6 Å². The van der Waals surface area contributed by atoms with Gasteiger partial charge < -0.3 is 15.2 Å². The summed E-state index contributed by atoms with van der Waals surface area (Å²) in [4.78, 5) is 11.5. The number of nitrogen functional groups attached to an aromatic ring is 1. The normalized spacial score (nSPS) is 16.7. The van der Waals surface area contributed by atoms with E-state index in [0.717, 1.165) is 29.9 Å². The predicted molar refractivity (Wildman–Crippen MR) is 86.4 cm³/mol. The van der Waals surface area contributed by atoms with Crippen LogP contribution < -0.4 is 5.73 Å². The van der Waals surface area contributed by atoms with Crippen molar-refractivity contribution in [3.8, 4) is 0 Å². The van der Waals surface area contributed by atoms with E-state index in [1.807, 2.05) is 6.92 Å². The maximum absolute atomic E-state index is 6.10. The Hall–Kier alpha value is -1.62. The number of hydrogen-bond donors (Lipinski definition) is 1. The van der Waals surface area contributed by atoms with E-state index < -0.39 is 0 Å². The molecule has 0 amide bonds. The number of fused-ring (bicyclic) bond motifs is 1. The molecule has 0 spiro atoms. The maximum Gasteiger partial charge on any atom is 0.146 e. The lowest BCUT2D eigenvalue weighted by molar-refractivity contribution is 0.221. The summed E-state index contributed by atoms with van der Waals surface area (Å²) in [6.07, 6.45) is 4.04. The third-order valence-corrected chi connectivity index (χ3v) is 4.70. The first-order valence-corrected chi connectivity index (χ1v) is 7.90. The lowest BCUT2D eigenvalue weighted by atomic mass is 10.1. The lowest BCUT2D eigenvalue weighted by Gasteiger charge is -2.26. The van der Waals surface area contributed by atoms with Crippen molar-refractivity contribution < 1.29 is 0 Å². The van der Waals surface area contributed by atoms with Gasteiger partial charge in [0.1, 0.15) is 17.3 Å². The SMILES string of the molecule is Cc1nc(N)c2c(C)c(C)n(CCN3CCCCC3)c2n1. The van der Waals surface area contributed by atoms with Gasteiger partial charge in [0.25, 0.3) is 0 Å². The number of rotatable bonds is 3. The Morgan fingerprint density at radius 1 is 1.00 bits per heavy atom. The molecule has 0 aliphatic carbocycles. The summed E-state index contributed by atoms with van der Waals surface area (Å²) in [7, 11) is 0. The summed E-state index contributed by atoms with van der Waals surface area (Å²) in [6.45, 7) is 10.7. The van der Waals surface area contributed by atoms with Crippen molar-refractivity contribution in [1.82, 2.24) is 19.4 Å². The molecule has 0 radical (unpaired) electrons. The minimum atomic E-state index is 0.606. The zero-order valence-electron chi connectivity index (χ0n) is 13.3. The van der Waals surface area contributed by atoms with Gasteiger partial charge in [-0.15, -0.1) is 0 Å². The van der Waals surface area contributed by atoms with Gasteiger partial charge in [0.05, 0.1) is 5.39 Å². The van der Waals surface area contributed by atoms with Crippen molar-refractivity contribution in [2.75, 3.05) is 25.4 Å². The van der Waals surface area contributed by atoms with Gasteiger partial charge in [0, 0.05) is 18.8 Å². The number of nitrogens with zero attached hydrogens (tertiary/aromatic N) is 4. The minimum absolute atomic E-state index is 0.606. The first kappa shape index (κ1) is 14.3. The highest BCUT2D eigenvalue weighted by molar-refractivity contribution is 5.91. The molecular formula is C16H25N5. The zero-order valence-corrected chi connectivity index (χ0v) is 13.3. The maximum atomic E-state index is 6.10. The summed E-state index contributed by atoms with van der Waals surface area (Å²) >= 11 is 0. The van der Waals surface area contributed by atoms with Gasteiger partial charge in [-0.25, -0.2) is 9.97 Å². The molecule has 5 nitrogen and oxygen atoms in total. The molecule has 0 bridgehead atoms. The molecule has 2 aromatic heterocycles. The molecule has 1 aliphatic heterocycles. The molecule has 0 aromatic carbocycles. The molecule has 0 unspecified atom stereocenters. The molecule has 2 N–H and O–H groups in total. The van der Waals surface area contributed by atoms with Crippen molar-refractivity contribution in [3.05, 3.63) is 17.1 Å². The van der Waals surface area contributed by atoms with E-state index in [0.29, 0.717) is 5.82 Å². The van der Waals surface area contributed by atoms with Gasteiger partial charge in [-0.05, 0) is 52.3 Å². The summed E-state index contributed by atoms with van der Waals surface area (Å²) < 4.78 is 2.31. The Kier molecular flexibility index (Phi) is 3.85. The van der Waals surface area contributed by atoms with E-state index >= 15 is 0 Å². The highest BCUT2D eigenvalue weighted by Crippen LogP contribution is 2.27. The van der Waals surface area contributed by atoms with Crippen molar-refractivity contribution in [2.24, 2.45) is 0 Å². The van der Waals surface area contributed by atoms with Crippen LogP contribution in [0.3, 0.4) is 0 Å². The molecule has 2 aromatic rings. The quantitative estimate of drug-likeness (QED) is 0.942. The summed E-state index contributed by atoms with van der Waals surface area (Å²) in [5, 5.41) is 1.02. The van der Waals surface area contributed by atoms with Gasteiger partial charge in [-0.1, -0.05) is 6.42 Å². The van der Waals surface area contributed by atoms with Gasteiger partial charge >= 0.3 is 0 Å². The fourth-order valence-corrected chi connectivity index (χ4v) is 3.37. The third-order valence-electron chi connectivity index (χ3n) is 4.70. The van der Waals surface area contributed by atoms with Crippen molar-refractivity contribution in [2.45, 2.75) is 46.6 Å². The molecule has 1 saturated heterocycles. The molecule has 3 heterocycles. The number of aryl methyl sites for hydroxylation is 2. The Labute approximate surface area is 126 Å². The van der Waals surface area contributed by atoms with E-state index in [-0.39, 0.29) is 0 Å². The molecule has 0 atom stereocenters. The van der Waals surface area contributed by atoms with Crippen LogP contribution in [-0.4, -0.2) is 39.1 Å². The van der Waals surface area contributed by atoms with Crippen LogP contribution >= 0.6 is 0 Å². The fraction of sp³-hybridized carbons (Fsp3) is 0.625. The van der Waals surface area contributed by atoms with E-state index in [1.54, 1.807) is 0 Å². The average Bonchev–Trinajstić information content (AvgIpc) is 2.70. The second-order valence-corrected chi connectivity index (χ2v) is 6.12. The van der Waals surface area contributed by atoms with Crippen molar-refractivity contribution in [3.63, 3.8) is 0 Å². The molecule has 0 saturated carbocycles. The summed E-state index contributed by atoms with van der Waals surface area (Å²) in [5.41, 5.74) is 9.56. The van der Waals surface area contributed by atoms with Crippen LogP contribution in [-0.2, 0) is 6.54 Å². The summed E-state index contributed by atoms with van der Waals surface area (Å²) in [6, 6.07) is 0. The Morgan fingerprint density at radius 2 is 1.71 bits per heavy atom. The van der Waals surface area contributed by atoms with E-state index in [9.17, 15) is 0 Å². The Morgan fingerprint density at radius 3 is 2.43 bits per heavy atom. The minimum Gasteiger partial charge on any atom is -0.383 e. The van der Waals surface area contributed by atoms with Crippen LogP contribution in [0.15, 0.2) is 0 Å². The van der Waals surface area contributed by atoms with Crippen LogP contribution in [0.1, 0.15) is 36.3 Å². The van der Waals surface area contributed by atoms with Crippen molar-refractivity contribution in [1.29, 1.82) is 0 Å². The molecule has 114 valence electrons. The van der Waals surface area contributed by atoms with Crippen LogP contribution in [0.2, 0.25) is 0 Å². The topological polar surface area (TPSA) is 60.0 Å². The van der Waals surface area contributed by atoms with Crippen LogP contribution in [0.4, 0.5) is 5.82 Å². The van der Waals surface area contributed by atoms with Gasteiger partial charge in [0.15, 0.2) is 0 Å². The molecule has 21 heavy (non-hydrogen) atoms. The van der Waals surface area contributed by atoms with Crippen LogP contribution in [0.5, 0.6) is 0 Å². The highest BCUT2D eigenvalue weighted by atomic mass is 15.2. The van der Waals surface area contributed by atoms with Gasteiger partial charge in [-0.3, -0.25) is 0 Å². The first-order chi connectivity index (χ1) is 10.1. The lowest BCUT2D eigenvalue weighted by Crippen LogP contribution is -2.32. The number of anilines is 1. The molecule has 3 rings (SSSR count). The molecule has 5 heteroatoms. The average molecular weight is 287 g/mol. The van der Waals surface area contributed by atoms with Gasteiger partial charge in [-0.2, -0.15) is 0 Å². The van der Waals surface area contributed by atoms with Gasteiger partial charge in [0.2, 0.25) is 0 Å². The third kappa shape index (κ3) is 2.62. The monoisotopic (exact) mass is 287 g/mol. The second-order valence-electron chi connectivity index (χ2n) is 6.12. The number of piperidine rings is 1. The van der Waals surface area contributed by atoms with E-state index in [4.69, 9.17) is 5.73 Å². The largest absolute Gasteiger partial charge is 0.383 e. The molecule has 1 fully saturated rings. The number of nitrogens with two attached hydrogens (primary N) is 1.